The van der Waals surface area contributed by atoms with E-state index in [1.165, 1.54) is 16.9 Å². The van der Waals surface area contributed by atoms with E-state index in [1.54, 1.807) is 37.1 Å². The van der Waals surface area contributed by atoms with Crippen LogP contribution in [0.2, 0.25) is 0 Å². The van der Waals surface area contributed by atoms with Crippen molar-refractivity contribution in [3.8, 4) is 11.5 Å². The van der Waals surface area contributed by atoms with Crippen LogP contribution >= 0.6 is 23.1 Å². The molecule has 4 aromatic rings. The maximum Gasteiger partial charge on any atom is 0.239 e. The van der Waals surface area contributed by atoms with Crippen LogP contribution in [0.1, 0.15) is 11.3 Å². The number of furan rings is 1. The number of hydrogen-bond acceptors (Lipinski definition) is 7. The fourth-order valence-corrected chi connectivity index (χ4v) is 5.07. The van der Waals surface area contributed by atoms with Crippen LogP contribution in [0.25, 0.3) is 10.2 Å². The molecule has 0 aliphatic heterocycles. The number of aromatic nitrogens is 1. The number of amides is 1. The van der Waals surface area contributed by atoms with Gasteiger partial charge in [0.25, 0.3) is 0 Å². The predicted octanol–water partition coefficient (Wildman–Crippen LogP) is 5.37. The van der Waals surface area contributed by atoms with Gasteiger partial charge < -0.3 is 13.9 Å². The molecule has 0 atom stereocenters. The zero-order valence-corrected chi connectivity index (χ0v) is 18.9. The van der Waals surface area contributed by atoms with Gasteiger partial charge in [-0.25, -0.2) is 4.98 Å². The molecule has 6 nitrogen and oxygen atoms in total. The van der Waals surface area contributed by atoms with Crippen LogP contribution in [-0.4, -0.2) is 30.9 Å². The second kappa shape index (κ2) is 9.89. The van der Waals surface area contributed by atoms with Gasteiger partial charge >= 0.3 is 0 Å². The number of fused-ring (bicyclic) bond motifs is 1. The maximum atomic E-state index is 13.2. The molecule has 160 valence electrons. The summed E-state index contributed by atoms with van der Waals surface area (Å²) in [5, 5.41) is 0.583. The molecule has 2 heterocycles. The number of hydrogen-bond donors (Lipinski definition) is 0. The molecule has 0 saturated carbocycles. The molecule has 0 aliphatic carbocycles. The molecule has 0 aliphatic rings. The largest absolute Gasteiger partial charge is 0.495 e. The van der Waals surface area contributed by atoms with E-state index in [0.29, 0.717) is 40.2 Å². The summed E-state index contributed by atoms with van der Waals surface area (Å²) in [6, 6.07) is 17.4. The van der Waals surface area contributed by atoms with Crippen molar-refractivity contribution in [3.05, 3.63) is 72.2 Å². The Hall–Kier alpha value is -2.97. The van der Waals surface area contributed by atoms with Crippen LogP contribution in [-0.2, 0) is 17.1 Å². The number of benzene rings is 2. The van der Waals surface area contributed by atoms with E-state index in [2.05, 4.69) is 12.1 Å². The predicted molar refractivity (Wildman–Crippen MR) is 125 cm³/mol. The first kappa shape index (κ1) is 21.3. The van der Waals surface area contributed by atoms with E-state index in [9.17, 15) is 4.79 Å². The fourth-order valence-electron chi connectivity index (χ4n) is 3.12. The molecule has 1 amide bonds. The molecule has 0 spiro atoms. The Labute approximate surface area is 188 Å². The SMILES string of the molecule is COc1ccc(OC)c2sc(N(Cc3ccco3)C(=O)CSCc3ccccc3)nc12. The van der Waals surface area contributed by atoms with E-state index in [1.807, 2.05) is 42.5 Å². The van der Waals surface area contributed by atoms with Crippen molar-refractivity contribution in [1.29, 1.82) is 0 Å². The average Bonchev–Trinajstić information content (AvgIpc) is 3.47. The Morgan fingerprint density at radius 2 is 1.84 bits per heavy atom. The van der Waals surface area contributed by atoms with Gasteiger partial charge in [0.15, 0.2) is 5.13 Å². The third-order valence-electron chi connectivity index (χ3n) is 4.66. The van der Waals surface area contributed by atoms with Crippen molar-refractivity contribution in [3.63, 3.8) is 0 Å². The molecule has 0 radical (unpaired) electrons. The third-order valence-corrected chi connectivity index (χ3v) is 6.74. The number of methoxy groups -OCH3 is 2. The highest BCUT2D eigenvalue weighted by Crippen LogP contribution is 2.40. The Morgan fingerprint density at radius 3 is 2.55 bits per heavy atom. The number of anilines is 1. The topological polar surface area (TPSA) is 64.8 Å². The van der Waals surface area contributed by atoms with Crippen molar-refractivity contribution in [2.75, 3.05) is 24.9 Å². The zero-order valence-electron chi connectivity index (χ0n) is 17.2. The Bertz CT molecular complexity index is 1100. The van der Waals surface area contributed by atoms with Gasteiger partial charge in [-0.1, -0.05) is 41.7 Å². The number of ether oxygens (including phenoxy) is 2. The van der Waals surface area contributed by atoms with E-state index in [4.69, 9.17) is 18.9 Å². The molecule has 0 N–H and O–H groups in total. The zero-order chi connectivity index (χ0) is 21.6. The third kappa shape index (κ3) is 4.86. The van der Waals surface area contributed by atoms with Gasteiger partial charge in [-0.15, -0.1) is 11.8 Å². The minimum atomic E-state index is -0.0330. The van der Waals surface area contributed by atoms with Crippen molar-refractivity contribution in [2.24, 2.45) is 0 Å². The number of rotatable bonds is 9. The van der Waals surface area contributed by atoms with Gasteiger partial charge in [0.2, 0.25) is 5.91 Å². The van der Waals surface area contributed by atoms with Crippen LogP contribution in [0.3, 0.4) is 0 Å². The van der Waals surface area contributed by atoms with E-state index >= 15 is 0 Å². The van der Waals surface area contributed by atoms with Gasteiger partial charge in [0.05, 0.1) is 32.8 Å². The smallest absolute Gasteiger partial charge is 0.239 e. The first-order valence-corrected chi connectivity index (χ1v) is 11.6. The molecular weight excluding hydrogens is 432 g/mol. The quantitative estimate of drug-likeness (QED) is 0.339. The second-order valence-electron chi connectivity index (χ2n) is 6.68. The first-order valence-electron chi connectivity index (χ1n) is 9.65. The minimum Gasteiger partial charge on any atom is -0.495 e. The monoisotopic (exact) mass is 454 g/mol. The van der Waals surface area contributed by atoms with E-state index in [0.717, 1.165) is 10.5 Å². The maximum absolute atomic E-state index is 13.2. The molecule has 2 aromatic carbocycles. The molecule has 8 heteroatoms. The van der Waals surface area contributed by atoms with Crippen LogP contribution in [0.15, 0.2) is 65.3 Å². The number of thioether (sulfide) groups is 1. The number of thiazole rings is 1. The number of nitrogens with zero attached hydrogens (tertiary/aromatic N) is 2. The van der Waals surface area contributed by atoms with Crippen molar-refractivity contribution >= 4 is 44.4 Å². The highest BCUT2D eigenvalue weighted by Gasteiger charge is 2.23. The van der Waals surface area contributed by atoms with Crippen molar-refractivity contribution in [1.82, 2.24) is 4.98 Å². The van der Waals surface area contributed by atoms with E-state index < -0.39 is 0 Å². The number of carbonyl (C=O) groups excluding carboxylic acids is 1. The summed E-state index contributed by atoms with van der Waals surface area (Å²) in [7, 11) is 3.22. The molecule has 31 heavy (non-hydrogen) atoms. The summed E-state index contributed by atoms with van der Waals surface area (Å²) in [6.07, 6.45) is 1.60. The lowest BCUT2D eigenvalue weighted by atomic mass is 10.2. The van der Waals surface area contributed by atoms with Crippen molar-refractivity contribution < 1.29 is 18.7 Å². The summed E-state index contributed by atoms with van der Waals surface area (Å²) in [5.74, 6) is 3.10. The minimum absolute atomic E-state index is 0.0330. The summed E-state index contributed by atoms with van der Waals surface area (Å²) in [5.41, 5.74) is 1.86. The lowest BCUT2D eigenvalue weighted by Gasteiger charge is -2.18. The summed E-state index contributed by atoms with van der Waals surface area (Å²) >= 11 is 2.98. The Kier molecular flexibility index (Phi) is 6.79. The van der Waals surface area contributed by atoms with Crippen LogP contribution in [0.5, 0.6) is 11.5 Å². The molecule has 0 unspecified atom stereocenters. The first-order chi connectivity index (χ1) is 15.2. The highest BCUT2D eigenvalue weighted by atomic mass is 32.2. The standard InChI is InChI=1S/C23H22N2O4S2/c1-27-18-10-11-19(28-2)22-21(18)24-23(31-22)25(13-17-9-6-12-29-17)20(26)15-30-14-16-7-4-3-5-8-16/h3-12H,13-15H2,1-2H3. The average molecular weight is 455 g/mol. The van der Waals surface area contributed by atoms with Gasteiger partial charge in [-0.3, -0.25) is 9.69 Å². The summed E-state index contributed by atoms with van der Waals surface area (Å²) in [6.45, 7) is 0.308. The number of carbonyl (C=O) groups is 1. The highest BCUT2D eigenvalue weighted by molar-refractivity contribution is 7.99. The van der Waals surface area contributed by atoms with Gasteiger partial charge in [-0.2, -0.15) is 0 Å². The Morgan fingerprint density at radius 1 is 1.06 bits per heavy atom. The van der Waals surface area contributed by atoms with Gasteiger partial charge in [0.1, 0.15) is 27.5 Å². The van der Waals surface area contributed by atoms with Gasteiger partial charge in [-0.05, 0) is 29.8 Å². The van der Waals surface area contributed by atoms with Crippen LogP contribution in [0, 0.1) is 0 Å². The fraction of sp³-hybridized carbons (Fsp3) is 0.217. The van der Waals surface area contributed by atoms with Crippen LogP contribution < -0.4 is 14.4 Å². The normalized spacial score (nSPS) is 10.9. The molecule has 0 bridgehead atoms. The summed E-state index contributed by atoms with van der Waals surface area (Å²) in [4.78, 5) is 19.6. The molecule has 2 aromatic heterocycles. The lowest BCUT2D eigenvalue weighted by molar-refractivity contribution is -0.116. The summed E-state index contributed by atoms with van der Waals surface area (Å²) < 4.78 is 17.3. The van der Waals surface area contributed by atoms with Crippen molar-refractivity contribution in [2.45, 2.75) is 12.3 Å². The molecule has 0 saturated heterocycles. The molecule has 0 fully saturated rings. The van der Waals surface area contributed by atoms with Crippen LogP contribution in [0.4, 0.5) is 5.13 Å². The Balaban J connectivity index is 1.60. The lowest BCUT2D eigenvalue weighted by Crippen LogP contribution is -2.31. The molecular formula is C23H22N2O4S2. The molecule has 4 rings (SSSR count). The van der Waals surface area contributed by atoms with Gasteiger partial charge in [0, 0.05) is 5.75 Å². The van der Waals surface area contributed by atoms with E-state index in [-0.39, 0.29) is 5.91 Å². The second-order valence-corrected chi connectivity index (χ2v) is 8.65.